The van der Waals surface area contributed by atoms with Gasteiger partial charge in [0.15, 0.2) is 0 Å². The van der Waals surface area contributed by atoms with E-state index in [9.17, 15) is 0 Å². The van der Waals surface area contributed by atoms with Gasteiger partial charge in [-0.05, 0) is 44.7 Å². The summed E-state index contributed by atoms with van der Waals surface area (Å²) in [5, 5.41) is 0. The van der Waals surface area contributed by atoms with E-state index in [1.165, 1.54) is 32.4 Å². The summed E-state index contributed by atoms with van der Waals surface area (Å²) in [5.41, 5.74) is 5.82. The summed E-state index contributed by atoms with van der Waals surface area (Å²) in [5.74, 6) is 1.79. The molecule has 0 aromatic heterocycles. The lowest BCUT2D eigenvalue weighted by molar-refractivity contribution is 0.191. The highest BCUT2D eigenvalue weighted by atomic mass is 15.1. The summed E-state index contributed by atoms with van der Waals surface area (Å²) < 4.78 is 0. The lowest BCUT2D eigenvalue weighted by Gasteiger charge is -2.29. The Balaban J connectivity index is 1.84. The van der Waals surface area contributed by atoms with E-state index >= 15 is 0 Å². The van der Waals surface area contributed by atoms with Gasteiger partial charge in [0.25, 0.3) is 0 Å². The first-order chi connectivity index (χ1) is 5.27. The molecule has 1 heterocycles. The maximum absolute atomic E-state index is 5.82. The van der Waals surface area contributed by atoms with Crippen molar-refractivity contribution < 1.29 is 0 Å². The maximum atomic E-state index is 5.82. The van der Waals surface area contributed by atoms with Crippen LogP contribution in [0.5, 0.6) is 0 Å². The highest BCUT2D eigenvalue weighted by Gasteiger charge is 2.40. The molecule has 2 rings (SSSR count). The lowest BCUT2D eigenvalue weighted by atomic mass is 9.93. The van der Waals surface area contributed by atoms with Gasteiger partial charge in [-0.25, -0.2) is 0 Å². The highest BCUT2D eigenvalue weighted by Crippen LogP contribution is 2.39. The molecule has 2 heteroatoms. The Labute approximate surface area is 68.7 Å². The number of hydrogen-bond acceptors (Lipinski definition) is 2. The summed E-state index contributed by atoms with van der Waals surface area (Å²) in [6, 6.07) is 0.548. The number of piperidine rings is 1. The van der Waals surface area contributed by atoms with Crippen molar-refractivity contribution in [3.05, 3.63) is 0 Å². The first-order valence-corrected chi connectivity index (χ1v) is 4.71. The van der Waals surface area contributed by atoms with Gasteiger partial charge in [0, 0.05) is 12.6 Å². The second-order valence-electron chi connectivity index (χ2n) is 4.23. The molecule has 11 heavy (non-hydrogen) atoms. The SMILES string of the molecule is CN1CCCC(C2CC2N)C1. The third kappa shape index (κ3) is 1.57. The van der Waals surface area contributed by atoms with Crippen molar-refractivity contribution in [2.45, 2.75) is 25.3 Å². The smallest absolute Gasteiger partial charge is 0.00741 e. The third-order valence-electron chi connectivity index (χ3n) is 3.16. The summed E-state index contributed by atoms with van der Waals surface area (Å²) in [4.78, 5) is 2.44. The Morgan fingerprint density at radius 1 is 1.45 bits per heavy atom. The van der Waals surface area contributed by atoms with E-state index in [0.29, 0.717) is 6.04 Å². The van der Waals surface area contributed by atoms with Crippen LogP contribution in [0.2, 0.25) is 0 Å². The summed E-state index contributed by atoms with van der Waals surface area (Å²) in [6.45, 7) is 2.58. The second-order valence-corrected chi connectivity index (χ2v) is 4.23. The average Bonchev–Trinajstić information content (AvgIpc) is 2.67. The quantitative estimate of drug-likeness (QED) is 0.601. The molecule has 0 aromatic rings. The molecule has 1 saturated heterocycles. The molecule has 2 N–H and O–H groups in total. The molecule has 2 aliphatic rings. The van der Waals surface area contributed by atoms with E-state index in [1.54, 1.807) is 0 Å². The lowest BCUT2D eigenvalue weighted by Crippen LogP contribution is -2.34. The molecule has 1 saturated carbocycles. The minimum absolute atomic E-state index is 0.548. The van der Waals surface area contributed by atoms with Crippen molar-refractivity contribution in [1.82, 2.24) is 4.90 Å². The van der Waals surface area contributed by atoms with Gasteiger partial charge in [0.05, 0.1) is 0 Å². The molecule has 64 valence electrons. The van der Waals surface area contributed by atoms with Gasteiger partial charge in [-0.3, -0.25) is 0 Å². The summed E-state index contributed by atoms with van der Waals surface area (Å²) in [6.07, 6.45) is 4.09. The molecule has 2 nitrogen and oxygen atoms in total. The standard InChI is InChI=1S/C9H18N2/c1-11-4-2-3-7(6-11)8-5-9(8)10/h7-9H,2-6,10H2,1H3. The largest absolute Gasteiger partial charge is 0.327 e. The maximum Gasteiger partial charge on any atom is 0.00741 e. The zero-order valence-corrected chi connectivity index (χ0v) is 7.29. The summed E-state index contributed by atoms with van der Waals surface area (Å²) >= 11 is 0. The number of likely N-dealkylation sites (tertiary alicyclic amines) is 1. The molecule has 0 radical (unpaired) electrons. The molecule has 3 atom stereocenters. The molecule has 0 amide bonds. The van der Waals surface area contributed by atoms with Gasteiger partial charge >= 0.3 is 0 Å². The fraction of sp³-hybridized carbons (Fsp3) is 1.00. The topological polar surface area (TPSA) is 29.3 Å². The van der Waals surface area contributed by atoms with Crippen LogP contribution in [0, 0.1) is 11.8 Å². The van der Waals surface area contributed by atoms with Crippen molar-refractivity contribution in [3.8, 4) is 0 Å². The van der Waals surface area contributed by atoms with Crippen molar-refractivity contribution in [2.75, 3.05) is 20.1 Å². The van der Waals surface area contributed by atoms with Crippen LogP contribution in [-0.4, -0.2) is 31.1 Å². The number of hydrogen-bond donors (Lipinski definition) is 1. The van der Waals surface area contributed by atoms with Gasteiger partial charge in [0.1, 0.15) is 0 Å². The van der Waals surface area contributed by atoms with Gasteiger partial charge in [0.2, 0.25) is 0 Å². The monoisotopic (exact) mass is 154 g/mol. The second kappa shape index (κ2) is 2.76. The Hall–Kier alpha value is -0.0800. The van der Waals surface area contributed by atoms with Crippen LogP contribution >= 0.6 is 0 Å². The van der Waals surface area contributed by atoms with Crippen LogP contribution in [0.1, 0.15) is 19.3 Å². The van der Waals surface area contributed by atoms with Crippen molar-refractivity contribution in [2.24, 2.45) is 17.6 Å². The molecule has 2 fully saturated rings. The van der Waals surface area contributed by atoms with Crippen LogP contribution in [0.15, 0.2) is 0 Å². The number of rotatable bonds is 1. The van der Waals surface area contributed by atoms with E-state index in [4.69, 9.17) is 5.73 Å². The first-order valence-electron chi connectivity index (χ1n) is 4.71. The van der Waals surface area contributed by atoms with Crippen molar-refractivity contribution >= 4 is 0 Å². The van der Waals surface area contributed by atoms with Gasteiger partial charge in [-0.15, -0.1) is 0 Å². The van der Waals surface area contributed by atoms with Crippen molar-refractivity contribution in [3.63, 3.8) is 0 Å². The molecular formula is C9H18N2. The van der Waals surface area contributed by atoms with Crippen molar-refractivity contribution in [1.29, 1.82) is 0 Å². The van der Waals surface area contributed by atoms with Gasteiger partial charge in [-0.2, -0.15) is 0 Å². The Kier molecular flexibility index (Phi) is 1.90. The van der Waals surface area contributed by atoms with E-state index in [-0.39, 0.29) is 0 Å². The van der Waals surface area contributed by atoms with Crippen LogP contribution in [0.25, 0.3) is 0 Å². The molecular weight excluding hydrogens is 136 g/mol. The van der Waals surface area contributed by atoms with Crippen LogP contribution in [-0.2, 0) is 0 Å². The number of nitrogens with two attached hydrogens (primary N) is 1. The summed E-state index contributed by atoms with van der Waals surface area (Å²) in [7, 11) is 2.22. The van der Waals surface area contributed by atoms with E-state index in [0.717, 1.165) is 11.8 Å². The predicted molar refractivity (Wildman–Crippen MR) is 46.3 cm³/mol. The molecule has 0 aromatic carbocycles. The Bertz CT molecular complexity index is 146. The fourth-order valence-corrected chi connectivity index (χ4v) is 2.33. The average molecular weight is 154 g/mol. The number of nitrogens with zero attached hydrogens (tertiary/aromatic N) is 1. The van der Waals surface area contributed by atoms with Crippen LogP contribution in [0.4, 0.5) is 0 Å². The molecule has 0 spiro atoms. The molecule has 3 unspecified atom stereocenters. The molecule has 0 bridgehead atoms. The Morgan fingerprint density at radius 2 is 2.18 bits per heavy atom. The normalized spacial score (nSPS) is 45.8. The van der Waals surface area contributed by atoms with Gasteiger partial charge < -0.3 is 10.6 Å². The van der Waals surface area contributed by atoms with E-state index < -0.39 is 0 Å². The first kappa shape index (κ1) is 7.56. The van der Waals surface area contributed by atoms with Crippen LogP contribution < -0.4 is 5.73 Å². The minimum atomic E-state index is 0.548. The zero-order chi connectivity index (χ0) is 7.84. The highest BCUT2D eigenvalue weighted by molar-refractivity contribution is 4.96. The fourth-order valence-electron chi connectivity index (χ4n) is 2.33. The third-order valence-corrected chi connectivity index (χ3v) is 3.16. The molecule has 1 aliphatic carbocycles. The predicted octanol–water partition coefficient (Wildman–Crippen LogP) is 0.675. The zero-order valence-electron chi connectivity index (χ0n) is 7.29. The minimum Gasteiger partial charge on any atom is -0.327 e. The van der Waals surface area contributed by atoms with Crippen LogP contribution in [0.3, 0.4) is 0 Å². The van der Waals surface area contributed by atoms with E-state index in [1.807, 2.05) is 0 Å². The van der Waals surface area contributed by atoms with E-state index in [2.05, 4.69) is 11.9 Å². The van der Waals surface area contributed by atoms with Gasteiger partial charge in [-0.1, -0.05) is 0 Å². The Morgan fingerprint density at radius 3 is 2.73 bits per heavy atom. The molecule has 1 aliphatic heterocycles.